The quantitative estimate of drug-likeness (QED) is 0.0810. The number of nitrogens with two attached hydrogens (primary N) is 2. The van der Waals surface area contributed by atoms with E-state index in [1.807, 2.05) is 28.8 Å². The Bertz CT molecular complexity index is 1980. The fraction of sp³-hybridized carbons (Fsp3) is 0.222. The van der Waals surface area contributed by atoms with Gasteiger partial charge in [0.05, 0.1) is 11.0 Å². The topological polar surface area (TPSA) is 156 Å². The normalized spacial score (nSPS) is 13.7. The third kappa shape index (κ3) is 7.76. The predicted octanol–water partition coefficient (Wildman–Crippen LogP) is 5.54. The number of amides is 2. The van der Waals surface area contributed by atoms with Crippen molar-refractivity contribution in [3.8, 4) is 22.9 Å². The zero-order valence-electron chi connectivity index (χ0n) is 26.6. The number of nitrogens with one attached hydrogen (secondary N) is 2. The van der Waals surface area contributed by atoms with Crippen LogP contribution in [-0.4, -0.2) is 64.9 Å². The van der Waals surface area contributed by atoms with E-state index in [1.54, 1.807) is 59.5 Å². The standard InChI is InChI=1S/C36H36ClFN8O3/c37-25-7-13-28(14-8-25)49-29-4-1-3-23(21-29)34-43-30-22-24(6-15-31(30)46(34)32(33(39)47)5-2-16-42-36(40)41)35(48)45-19-17-44(18-20-45)27-11-9-26(38)10-12-27/h1,3-4,6-15,21-22,32H,2,5,16-20H2,(H2,39,47)(H4,40,41,42). The summed E-state index contributed by atoms with van der Waals surface area (Å²) in [6.07, 6.45) is 0.862. The number of hydrogen-bond acceptors (Lipinski definition) is 6. The number of ether oxygens (including phenoxy) is 1. The molecule has 1 fully saturated rings. The lowest BCUT2D eigenvalue weighted by molar-refractivity contribution is -0.121. The van der Waals surface area contributed by atoms with Crippen LogP contribution in [-0.2, 0) is 4.79 Å². The number of imidazole rings is 1. The molecule has 1 unspecified atom stereocenters. The van der Waals surface area contributed by atoms with Gasteiger partial charge >= 0.3 is 0 Å². The Hall–Kier alpha value is -5.62. The van der Waals surface area contributed by atoms with Crippen LogP contribution in [0, 0.1) is 11.2 Å². The van der Waals surface area contributed by atoms with Gasteiger partial charge in [0.25, 0.3) is 5.91 Å². The minimum absolute atomic E-state index is 0.128. The lowest BCUT2D eigenvalue weighted by Crippen LogP contribution is -2.48. The highest BCUT2D eigenvalue weighted by molar-refractivity contribution is 6.30. The van der Waals surface area contributed by atoms with E-state index in [1.165, 1.54) is 12.1 Å². The Balaban J connectivity index is 1.31. The van der Waals surface area contributed by atoms with Crippen LogP contribution in [0.3, 0.4) is 0 Å². The molecular weight excluding hydrogens is 647 g/mol. The van der Waals surface area contributed by atoms with Crippen molar-refractivity contribution in [3.63, 3.8) is 0 Å². The van der Waals surface area contributed by atoms with Gasteiger partial charge in [-0.15, -0.1) is 0 Å². The molecule has 252 valence electrons. The Morgan fingerprint density at radius 2 is 1.67 bits per heavy atom. The van der Waals surface area contributed by atoms with E-state index in [2.05, 4.69) is 10.2 Å². The summed E-state index contributed by atoms with van der Waals surface area (Å²) in [4.78, 5) is 35.6. The Labute approximate surface area is 287 Å². The number of nitrogens with zero attached hydrogens (tertiary/aromatic N) is 4. The molecule has 2 heterocycles. The molecule has 1 aromatic heterocycles. The van der Waals surface area contributed by atoms with Gasteiger partial charge in [-0.1, -0.05) is 23.7 Å². The zero-order valence-corrected chi connectivity index (χ0v) is 27.4. The lowest BCUT2D eigenvalue weighted by Gasteiger charge is -2.36. The molecule has 0 aliphatic carbocycles. The van der Waals surface area contributed by atoms with Gasteiger partial charge in [-0.2, -0.15) is 0 Å². The third-order valence-electron chi connectivity index (χ3n) is 8.45. The summed E-state index contributed by atoms with van der Waals surface area (Å²) >= 11 is 6.04. The second-order valence-corrected chi connectivity index (χ2v) is 12.2. The molecule has 0 bridgehead atoms. The summed E-state index contributed by atoms with van der Waals surface area (Å²) in [6.45, 7) is 2.63. The van der Waals surface area contributed by atoms with Gasteiger partial charge < -0.3 is 35.9 Å². The number of benzene rings is 4. The number of primary amides is 1. The summed E-state index contributed by atoms with van der Waals surface area (Å²) in [5.74, 6) is 0.520. The van der Waals surface area contributed by atoms with Gasteiger partial charge in [0.2, 0.25) is 5.91 Å². The molecule has 1 saturated heterocycles. The summed E-state index contributed by atoms with van der Waals surface area (Å²) in [5.41, 5.74) is 14.7. The van der Waals surface area contributed by atoms with Gasteiger partial charge in [0.1, 0.15) is 29.2 Å². The number of piperazine rings is 1. The predicted molar refractivity (Wildman–Crippen MR) is 189 cm³/mol. The minimum atomic E-state index is -0.782. The van der Waals surface area contributed by atoms with E-state index in [0.717, 1.165) is 5.69 Å². The molecule has 1 aliphatic rings. The number of halogens is 2. The largest absolute Gasteiger partial charge is 0.457 e. The smallest absolute Gasteiger partial charge is 0.254 e. The van der Waals surface area contributed by atoms with Crippen LogP contribution in [0.1, 0.15) is 29.2 Å². The molecule has 13 heteroatoms. The minimum Gasteiger partial charge on any atom is -0.457 e. The van der Waals surface area contributed by atoms with Crippen molar-refractivity contribution < 1.29 is 18.7 Å². The second-order valence-electron chi connectivity index (χ2n) is 11.7. The highest BCUT2D eigenvalue weighted by atomic mass is 35.5. The Morgan fingerprint density at radius 3 is 2.37 bits per heavy atom. The van der Waals surface area contributed by atoms with Crippen LogP contribution >= 0.6 is 11.6 Å². The lowest BCUT2D eigenvalue weighted by atomic mass is 10.1. The molecule has 6 rings (SSSR count). The fourth-order valence-corrected chi connectivity index (χ4v) is 6.13. The van der Waals surface area contributed by atoms with E-state index >= 15 is 0 Å². The van der Waals surface area contributed by atoms with E-state index in [-0.39, 0.29) is 17.7 Å². The maximum absolute atomic E-state index is 13.7. The number of carbonyl (C=O) groups is 2. The van der Waals surface area contributed by atoms with Crippen LogP contribution in [0.5, 0.6) is 11.5 Å². The fourth-order valence-electron chi connectivity index (χ4n) is 6.01. The van der Waals surface area contributed by atoms with Gasteiger partial charge in [-0.25, -0.2) is 9.37 Å². The number of guanidine groups is 1. The van der Waals surface area contributed by atoms with E-state index in [4.69, 9.17) is 38.2 Å². The number of rotatable bonds is 11. The molecular formula is C36H36ClFN8O3. The molecule has 49 heavy (non-hydrogen) atoms. The molecule has 2 amide bonds. The van der Waals surface area contributed by atoms with Crippen molar-refractivity contribution >= 4 is 46.1 Å². The number of anilines is 1. The molecule has 0 saturated carbocycles. The van der Waals surface area contributed by atoms with E-state index in [9.17, 15) is 14.0 Å². The first-order valence-electron chi connectivity index (χ1n) is 15.9. The molecule has 0 spiro atoms. The van der Waals surface area contributed by atoms with Crippen LogP contribution in [0.25, 0.3) is 22.4 Å². The van der Waals surface area contributed by atoms with Crippen molar-refractivity contribution in [3.05, 3.63) is 107 Å². The average molecular weight is 683 g/mol. The Kier molecular flexibility index (Phi) is 9.95. The van der Waals surface area contributed by atoms with Crippen LogP contribution in [0.15, 0.2) is 91.0 Å². The maximum atomic E-state index is 13.7. The highest BCUT2D eigenvalue weighted by Crippen LogP contribution is 2.34. The first-order chi connectivity index (χ1) is 23.7. The first-order valence-corrected chi connectivity index (χ1v) is 16.3. The second kappa shape index (κ2) is 14.7. The SMILES string of the molecule is N=C(N)NCCCC(C(N)=O)n1c(-c2cccc(Oc3ccc(Cl)cc3)c2)nc2cc(C(=O)N3CCN(c4ccc(F)cc4)CC3)ccc21. The van der Waals surface area contributed by atoms with Crippen molar-refractivity contribution in [1.82, 2.24) is 19.8 Å². The molecule has 5 aromatic rings. The van der Waals surface area contributed by atoms with Crippen molar-refractivity contribution in [2.75, 3.05) is 37.6 Å². The summed E-state index contributed by atoms with van der Waals surface area (Å²) < 4.78 is 21.3. The van der Waals surface area contributed by atoms with E-state index in [0.29, 0.717) is 90.1 Å². The number of carbonyl (C=O) groups excluding carboxylic acids is 2. The molecule has 4 aromatic carbocycles. The molecule has 6 N–H and O–H groups in total. The number of hydrogen-bond donors (Lipinski definition) is 4. The summed E-state index contributed by atoms with van der Waals surface area (Å²) in [5, 5.41) is 10.8. The van der Waals surface area contributed by atoms with Crippen LogP contribution in [0.2, 0.25) is 5.02 Å². The third-order valence-corrected chi connectivity index (χ3v) is 8.70. The summed E-state index contributed by atoms with van der Waals surface area (Å²) in [7, 11) is 0. The van der Waals surface area contributed by atoms with Gasteiger partial charge in [-0.05, 0) is 91.7 Å². The highest BCUT2D eigenvalue weighted by Gasteiger charge is 2.27. The monoisotopic (exact) mass is 682 g/mol. The van der Waals surface area contributed by atoms with E-state index < -0.39 is 11.9 Å². The first kappa shape index (κ1) is 33.3. The van der Waals surface area contributed by atoms with Crippen LogP contribution < -0.4 is 26.4 Å². The number of fused-ring (bicyclic) bond motifs is 1. The van der Waals surface area contributed by atoms with Gasteiger partial charge in [0, 0.05) is 54.6 Å². The van der Waals surface area contributed by atoms with Crippen molar-refractivity contribution in [2.45, 2.75) is 18.9 Å². The maximum Gasteiger partial charge on any atom is 0.254 e. The molecule has 1 aliphatic heterocycles. The van der Waals surface area contributed by atoms with Crippen LogP contribution in [0.4, 0.5) is 10.1 Å². The van der Waals surface area contributed by atoms with Crippen molar-refractivity contribution in [2.24, 2.45) is 11.5 Å². The van der Waals surface area contributed by atoms with Gasteiger partial charge in [-0.3, -0.25) is 15.0 Å². The van der Waals surface area contributed by atoms with Crippen molar-refractivity contribution in [1.29, 1.82) is 5.41 Å². The zero-order chi connectivity index (χ0) is 34.5. The number of aromatic nitrogens is 2. The molecule has 11 nitrogen and oxygen atoms in total. The Morgan fingerprint density at radius 1 is 0.939 bits per heavy atom. The molecule has 1 atom stereocenters. The van der Waals surface area contributed by atoms with Gasteiger partial charge in [0.15, 0.2) is 5.96 Å². The molecule has 0 radical (unpaired) electrons. The average Bonchev–Trinajstić information content (AvgIpc) is 3.48. The summed E-state index contributed by atoms with van der Waals surface area (Å²) in [6, 6.07) is 25.2.